The minimum absolute atomic E-state index is 0.146. The highest BCUT2D eigenvalue weighted by atomic mass is 35.5. The Labute approximate surface area is 151 Å². The van der Waals surface area contributed by atoms with Crippen LogP contribution in [0.2, 0.25) is 5.02 Å². The molecule has 3 rings (SSSR count). The summed E-state index contributed by atoms with van der Waals surface area (Å²) in [5.41, 5.74) is 1.06. The quantitative estimate of drug-likeness (QED) is 0.669. The fourth-order valence-corrected chi connectivity index (χ4v) is 4.73. The van der Waals surface area contributed by atoms with Crippen molar-refractivity contribution in [2.24, 2.45) is 0 Å². The van der Waals surface area contributed by atoms with Gasteiger partial charge < -0.3 is 4.74 Å². The van der Waals surface area contributed by atoms with Gasteiger partial charge in [-0.15, -0.1) is 0 Å². The van der Waals surface area contributed by atoms with Crippen LogP contribution in [-0.2, 0) is 10.5 Å². The molecule has 1 saturated heterocycles. The number of likely N-dealkylation sites (tertiary alicyclic amines) is 1. The number of halogens is 3. The number of rotatable bonds is 4. The van der Waals surface area contributed by atoms with E-state index in [0.29, 0.717) is 5.02 Å². The monoisotopic (exact) mass is 369 g/mol. The molecule has 0 N–H and O–H groups in total. The molecule has 2 aromatic rings. The maximum absolute atomic E-state index is 6.84. The fraction of sp³-hybridized carbons (Fsp3) is 0.333. The van der Waals surface area contributed by atoms with Crippen LogP contribution in [-0.4, -0.2) is 22.9 Å². The van der Waals surface area contributed by atoms with Crippen LogP contribution in [0, 0.1) is 0 Å². The smallest absolute Gasteiger partial charge is 0.184 e. The molecule has 0 unspecified atom stereocenters. The lowest BCUT2D eigenvalue weighted by atomic mass is 9.78. The van der Waals surface area contributed by atoms with E-state index in [1.54, 1.807) is 7.11 Å². The number of hydrogen-bond donors (Lipinski definition) is 0. The van der Waals surface area contributed by atoms with Gasteiger partial charge in [0.1, 0.15) is 0 Å². The van der Waals surface area contributed by atoms with Gasteiger partial charge in [0, 0.05) is 17.7 Å². The van der Waals surface area contributed by atoms with Crippen LogP contribution in [0.25, 0.3) is 0 Å². The Morgan fingerprint density at radius 2 is 1.65 bits per heavy atom. The van der Waals surface area contributed by atoms with Crippen LogP contribution < -0.4 is 0 Å². The van der Waals surface area contributed by atoms with E-state index in [1.165, 1.54) is 0 Å². The van der Waals surface area contributed by atoms with E-state index < -0.39 is 10.1 Å². The molecule has 2 aromatic carbocycles. The standard InChI is InChI=1S/C18H18Cl3NO/c1-3-22-16(13-7-5-4-6-8-13)17(20,21)18(22,23-2)14-9-11-15(19)12-10-14/h4-12,16H,3H2,1-2H3/t16-,18-/m0/s1. The first kappa shape index (κ1) is 17.1. The molecular formula is C18H18Cl3NO. The predicted molar refractivity (Wildman–Crippen MR) is 96.1 cm³/mol. The van der Waals surface area contributed by atoms with Crippen molar-refractivity contribution in [1.29, 1.82) is 0 Å². The number of methoxy groups -OCH3 is 1. The van der Waals surface area contributed by atoms with Gasteiger partial charge in [-0.3, -0.25) is 4.90 Å². The van der Waals surface area contributed by atoms with Crippen molar-refractivity contribution in [2.75, 3.05) is 13.7 Å². The molecule has 1 aliphatic heterocycles. The number of benzene rings is 2. The van der Waals surface area contributed by atoms with Gasteiger partial charge in [0.25, 0.3) is 0 Å². The van der Waals surface area contributed by atoms with Gasteiger partial charge in [-0.05, 0) is 24.2 Å². The Bertz CT molecular complexity index is 674. The van der Waals surface area contributed by atoms with Crippen LogP contribution in [0.4, 0.5) is 0 Å². The van der Waals surface area contributed by atoms with Crippen molar-refractivity contribution in [3.8, 4) is 0 Å². The number of alkyl halides is 2. The molecule has 0 radical (unpaired) electrons. The summed E-state index contributed by atoms with van der Waals surface area (Å²) in [5.74, 6) is 0. The Morgan fingerprint density at radius 1 is 1.04 bits per heavy atom. The number of ether oxygens (including phenoxy) is 1. The second-order valence-corrected chi connectivity index (χ2v) is 7.40. The molecular weight excluding hydrogens is 353 g/mol. The van der Waals surface area contributed by atoms with Gasteiger partial charge in [0.05, 0.1) is 6.04 Å². The van der Waals surface area contributed by atoms with Crippen molar-refractivity contribution < 1.29 is 4.74 Å². The van der Waals surface area contributed by atoms with Gasteiger partial charge in [-0.2, -0.15) is 0 Å². The SMILES string of the molecule is CCN1[C@@H](c2ccccc2)C(Cl)(Cl)[C@@]1(OC)c1ccc(Cl)cc1. The molecule has 0 aromatic heterocycles. The minimum atomic E-state index is -1.12. The zero-order chi connectivity index (χ0) is 16.7. The maximum Gasteiger partial charge on any atom is 0.184 e. The van der Waals surface area contributed by atoms with Crippen molar-refractivity contribution in [2.45, 2.75) is 23.0 Å². The van der Waals surface area contributed by atoms with E-state index in [1.807, 2.05) is 54.6 Å². The molecule has 0 saturated carbocycles. The lowest BCUT2D eigenvalue weighted by Gasteiger charge is -2.64. The van der Waals surface area contributed by atoms with Crippen LogP contribution in [0.3, 0.4) is 0 Å². The zero-order valence-corrected chi connectivity index (χ0v) is 15.2. The normalized spacial score (nSPS) is 26.7. The van der Waals surface area contributed by atoms with Gasteiger partial charge in [-0.1, -0.05) is 84.2 Å². The van der Waals surface area contributed by atoms with Crippen LogP contribution >= 0.6 is 34.8 Å². The van der Waals surface area contributed by atoms with E-state index in [0.717, 1.165) is 17.7 Å². The molecule has 0 aliphatic carbocycles. The second kappa shape index (κ2) is 6.27. The largest absolute Gasteiger partial charge is 0.356 e. The molecule has 5 heteroatoms. The van der Waals surface area contributed by atoms with E-state index in [2.05, 4.69) is 11.8 Å². The van der Waals surface area contributed by atoms with Gasteiger partial charge >= 0.3 is 0 Å². The number of nitrogens with zero attached hydrogens (tertiary/aromatic N) is 1. The Balaban J connectivity index is 2.09. The van der Waals surface area contributed by atoms with E-state index in [-0.39, 0.29) is 6.04 Å². The van der Waals surface area contributed by atoms with Gasteiger partial charge in [-0.25, -0.2) is 0 Å². The highest BCUT2D eigenvalue weighted by molar-refractivity contribution is 6.50. The van der Waals surface area contributed by atoms with Gasteiger partial charge in [0.2, 0.25) is 0 Å². The number of hydrogen-bond acceptors (Lipinski definition) is 2. The first-order valence-corrected chi connectivity index (χ1v) is 8.63. The molecule has 0 spiro atoms. The third kappa shape index (κ3) is 2.40. The summed E-state index contributed by atoms with van der Waals surface area (Å²) in [6.45, 7) is 2.82. The molecule has 1 heterocycles. The molecule has 23 heavy (non-hydrogen) atoms. The van der Waals surface area contributed by atoms with Crippen molar-refractivity contribution >= 4 is 34.8 Å². The molecule has 2 atom stereocenters. The summed E-state index contributed by atoms with van der Waals surface area (Å²) in [6, 6.07) is 17.4. The van der Waals surface area contributed by atoms with Crippen molar-refractivity contribution in [1.82, 2.24) is 4.90 Å². The third-order valence-corrected chi connectivity index (χ3v) is 5.68. The summed E-state index contributed by atoms with van der Waals surface area (Å²) in [4.78, 5) is 2.17. The summed E-state index contributed by atoms with van der Waals surface area (Å²) in [7, 11) is 1.64. The highest BCUT2D eigenvalue weighted by Crippen LogP contribution is 2.65. The van der Waals surface area contributed by atoms with Crippen molar-refractivity contribution in [3.05, 3.63) is 70.7 Å². The summed E-state index contributed by atoms with van der Waals surface area (Å²) in [6.07, 6.45) is 0. The highest BCUT2D eigenvalue weighted by Gasteiger charge is 2.71. The molecule has 122 valence electrons. The second-order valence-electron chi connectivity index (χ2n) is 5.58. The fourth-order valence-electron chi connectivity index (χ4n) is 3.52. The van der Waals surface area contributed by atoms with Crippen LogP contribution in [0.15, 0.2) is 54.6 Å². The van der Waals surface area contributed by atoms with E-state index >= 15 is 0 Å². The average molecular weight is 371 g/mol. The first-order valence-electron chi connectivity index (χ1n) is 7.49. The van der Waals surface area contributed by atoms with E-state index in [4.69, 9.17) is 39.5 Å². The molecule has 1 fully saturated rings. The topological polar surface area (TPSA) is 12.5 Å². The summed E-state index contributed by atoms with van der Waals surface area (Å²) >= 11 is 19.7. The van der Waals surface area contributed by atoms with Gasteiger partial charge in [0.15, 0.2) is 10.1 Å². The first-order chi connectivity index (χ1) is 11.0. The van der Waals surface area contributed by atoms with Crippen molar-refractivity contribution in [3.63, 3.8) is 0 Å². The lowest BCUT2D eigenvalue weighted by Crippen LogP contribution is -2.73. The average Bonchev–Trinajstić information content (AvgIpc) is 2.56. The summed E-state index contributed by atoms with van der Waals surface area (Å²) < 4.78 is 4.77. The van der Waals surface area contributed by atoms with E-state index in [9.17, 15) is 0 Å². The zero-order valence-electron chi connectivity index (χ0n) is 13.0. The Kier molecular flexibility index (Phi) is 4.65. The van der Waals surface area contributed by atoms with Crippen LogP contribution in [0.5, 0.6) is 0 Å². The Morgan fingerprint density at radius 3 is 2.17 bits per heavy atom. The maximum atomic E-state index is 6.84. The molecule has 0 amide bonds. The lowest BCUT2D eigenvalue weighted by molar-refractivity contribution is -0.253. The Hall–Kier alpha value is -0.770. The molecule has 1 aliphatic rings. The predicted octanol–water partition coefficient (Wildman–Crippen LogP) is 5.39. The van der Waals surface area contributed by atoms with Crippen LogP contribution in [0.1, 0.15) is 24.1 Å². The molecule has 0 bridgehead atoms. The molecule has 2 nitrogen and oxygen atoms in total. The third-order valence-electron chi connectivity index (χ3n) is 4.50. The minimum Gasteiger partial charge on any atom is -0.356 e. The summed E-state index contributed by atoms with van der Waals surface area (Å²) in [5, 5.41) is 0.664.